The van der Waals surface area contributed by atoms with Crippen LogP contribution in [0.25, 0.3) is 0 Å². The van der Waals surface area contributed by atoms with E-state index in [2.05, 4.69) is 15.5 Å². The minimum Gasteiger partial charge on any atom is -0.508 e. The summed E-state index contributed by atoms with van der Waals surface area (Å²) in [7, 11) is 1.52. The molecule has 7 nitrogen and oxygen atoms in total. The van der Waals surface area contributed by atoms with Gasteiger partial charge in [-0.3, -0.25) is 4.79 Å². The lowest BCUT2D eigenvalue weighted by molar-refractivity contribution is -0.875. The summed E-state index contributed by atoms with van der Waals surface area (Å²) in [6.07, 6.45) is 1.70. The van der Waals surface area contributed by atoms with Crippen LogP contribution in [0.1, 0.15) is 12.5 Å². The van der Waals surface area contributed by atoms with E-state index in [1.165, 1.54) is 24.8 Å². The highest BCUT2D eigenvalue weighted by Gasteiger charge is 2.12. The summed E-state index contributed by atoms with van der Waals surface area (Å²) in [4.78, 5) is 16.4. The number of rotatable bonds is 4. The smallest absolute Gasteiger partial charge is 0.388 e. The first-order valence-electron chi connectivity index (χ1n) is 6.59. The van der Waals surface area contributed by atoms with Crippen molar-refractivity contribution in [3.05, 3.63) is 42.1 Å². The van der Waals surface area contributed by atoms with Crippen LogP contribution in [0.15, 0.2) is 46.8 Å². The fourth-order valence-electron chi connectivity index (χ4n) is 1.81. The van der Waals surface area contributed by atoms with Gasteiger partial charge in [0.15, 0.2) is 0 Å². The zero-order valence-electron chi connectivity index (χ0n) is 12.6. The molecule has 0 aliphatic carbocycles. The van der Waals surface area contributed by atoms with Crippen molar-refractivity contribution in [2.24, 2.45) is 10.2 Å². The highest BCUT2D eigenvalue weighted by Crippen LogP contribution is 2.33. The lowest BCUT2D eigenvalue weighted by atomic mass is 10.1. The number of phenols is 1. The van der Waals surface area contributed by atoms with Gasteiger partial charge in [0.25, 0.3) is 0 Å². The van der Waals surface area contributed by atoms with Crippen molar-refractivity contribution in [3.63, 3.8) is 0 Å². The van der Waals surface area contributed by atoms with Crippen molar-refractivity contribution >= 4 is 23.1 Å². The van der Waals surface area contributed by atoms with E-state index in [1.807, 2.05) is 0 Å². The first-order valence-corrected chi connectivity index (χ1v) is 6.59. The quantitative estimate of drug-likeness (QED) is 0.671. The molecule has 1 aromatic carbocycles. The third-order valence-corrected chi connectivity index (χ3v) is 2.89. The zero-order chi connectivity index (χ0) is 16.1. The van der Waals surface area contributed by atoms with E-state index < -0.39 is 0 Å². The highest BCUT2D eigenvalue weighted by atomic mass is 16.6. The number of aryl methyl sites for hydroxylation is 1. The number of aromatic hydroxyl groups is 1. The first-order chi connectivity index (χ1) is 10.5. The Bertz CT molecular complexity index is 729. The van der Waals surface area contributed by atoms with Gasteiger partial charge in [0.1, 0.15) is 24.7 Å². The molecular weight excluding hydrogens is 284 g/mol. The second-order valence-corrected chi connectivity index (χ2v) is 4.60. The Morgan fingerprint density at radius 3 is 2.77 bits per heavy atom. The van der Waals surface area contributed by atoms with Crippen LogP contribution < -0.4 is 14.9 Å². The number of hydrogen-bond donors (Lipinski definition) is 2. The van der Waals surface area contributed by atoms with Gasteiger partial charge in [0, 0.05) is 19.1 Å². The van der Waals surface area contributed by atoms with E-state index in [4.69, 9.17) is 4.84 Å². The van der Waals surface area contributed by atoms with Gasteiger partial charge >= 0.3 is 5.82 Å². The lowest BCUT2D eigenvalue weighted by Crippen LogP contribution is -2.39. The molecule has 7 heteroatoms. The molecule has 0 bridgehead atoms. The number of phenolic OH excluding ortho intramolecular Hbond substituents is 1. The van der Waals surface area contributed by atoms with Crippen LogP contribution in [0, 0.1) is 6.92 Å². The number of benzene rings is 1. The average molecular weight is 301 g/mol. The minimum atomic E-state index is -0.258. The van der Waals surface area contributed by atoms with Gasteiger partial charge in [0.2, 0.25) is 5.91 Å². The van der Waals surface area contributed by atoms with Crippen molar-refractivity contribution in [1.29, 1.82) is 0 Å². The van der Waals surface area contributed by atoms with Crippen molar-refractivity contribution in [3.8, 4) is 5.75 Å². The van der Waals surface area contributed by atoms with Crippen molar-refractivity contribution in [1.82, 2.24) is 0 Å². The number of nitrogens with one attached hydrogen (secondary N) is 1. The number of nitrogens with zero attached hydrogens (tertiary/aromatic N) is 3. The second kappa shape index (κ2) is 6.66. The molecule has 0 aliphatic rings. The fraction of sp³-hybridized carbons (Fsp3) is 0.200. The standard InChI is InChI=1S/C15H16N4O3/c1-10-8-13(12(9-14(10)21)16-11(2)20)17-18-15-6-4-5-7-19(15)22-3/h4-9H,1-3H3,(H,16,20,21)/p+1. The fourth-order valence-corrected chi connectivity index (χ4v) is 1.81. The van der Waals surface area contributed by atoms with E-state index in [0.717, 1.165) is 0 Å². The number of amides is 1. The maximum Gasteiger partial charge on any atom is 0.388 e. The van der Waals surface area contributed by atoms with E-state index >= 15 is 0 Å². The molecule has 1 amide bonds. The van der Waals surface area contributed by atoms with Crippen molar-refractivity contribution < 1.29 is 19.5 Å². The van der Waals surface area contributed by atoms with Gasteiger partial charge in [0.05, 0.1) is 10.8 Å². The van der Waals surface area contributed by atoms with Crippen LogP contribution in [0.3, 0.4) is 0 Å². The Kier molecular flexibility index (Phi) is 4.67. The highest BCUT2D eigenvalue weighted by molar-refractivity contribution is 5.92. The summed E-state index contributed by atoms with van der Waals surface area (Å²) < 4.78 is 1.45. The average Bonchev–Trinajstić information content (AvgIpc) is 2.49. The first kappa shape index (κ1) is 15.4. The lowest BCUT2D eigenvalue weighted by Gasteiger charge is -2.07. The molecule has 0 saturated heterocycles. The number of carbonyl (C=O) groups is 1. The molecule has 0 fully saturated rings. The molecule has 2 rings (SSSR count). The molecule has 2 aromatic rings. The maximum absolute atomic E-state index is 11.2. The predicted molar refractivity (Wildman–Crippen MR) is 80.5 cm³/mol. The Morgan fingerprint density at radius 1 is 1.32 bits per heavy atom. The summed E-state index contributed by atoms with van der Waals surface area (Å²) in [5.74, 6) is 0.310. The van der Waals surface area contributed by atoms with Crippen LogP contribution in [0.4, 0.5) is 17.2 Å². The van der Waals surface area contributed by atoms with Gasteiger partial charge in [-0.15, -0.1) is 0 Å². The Labute approximate surface area is 127 Å². The normalized spacial score (nSPS) is 10.7. The van der Waals surface area contributed by atoms with E-state index in [-0.39, 0.29) is 11.7 Å². The maximum atomic E-state index is 11.2. The van der Waals surface area contributed by atoms with Gasteiger partial charge in [-0.1, -0.05) is 0 Å². The van der Waals surface area contributed by atoms with E-state index in [1.54, 1.807) is 37.4 Å². The minimum absolute atomic E-state index is 0.0781. The molecule has 0 aliphatic heterocycles. The van der Waals surface area contributed by atoms with E-state index in [0.29, 0.717) is 22.8 Å². The Morgan fingerprint density at radius 2 is 2.09 bits per heavy atom. The van der Waals surface area contributed by atoms with Crippen molar-refractivity contribution in [2.75, 3.05) is 12.4 Å². The third-order valence-electron chi connectivity index (χ3n) is 2.89. The molecule has 0 spiro atoms. The Hall–Kier alpha value is -2.96. The molecule has 2 N–H and O–H groups in total. The van der Waals surface area contributed by atoms with Gasteiger partial charge in [-0.25, -0.2) is 0 Å². The molecular formula is C15H17N4O3+. The summed E-state index contributed by atoms with van der Waals surface area (Å²) in [5, 5.41) is 20.6. The van der Waals surface area contributed by atoms with Crippen LogP contribution in [-0.4, -0.2) is 18.1 Å². The zero-order valence-corrected chi connectivity index (χ0v) is 12.6. The molecule has 0 unspecified atom stereocenters. The van der Waals surface area contributed by atoms with Crippen molar-refractivity contribution in [2.45, 2.75) is 13.8 Å². The number of pyridine rings is 1. The molecule has 114 valence electrons. The number of hydrogen-bond acceptors (Lipinski definition) is 5. The summed E-state index contributed by atoms with van der Waals surface area (Å²) >= 11 is 0. The third kappa shape index (κ3) is 3.57. The summed E-state index contributed by atoms with van der Waals surface area (Å²) in [6.45, 7) is 3.12. The van der Waals surface area contributed by atoms with E-state index in [9.17, 15) is 9.90 Å². The molecule has 1 heterocycles. The number of aromatic nitrogens is 1. The number of carbonyl (C=O) groups excluding carboxylic acids is 1. The SMILES string of the molecule is CO[n+]1ccccc1N=Nc1cc(C)c(O)cc1NC(C)=O. The summed E-state index contributed by atoms with van der Waals surface area (Å²) in [5.41, 5.74) is 1.46. The molecule has 0 atom stereocenters. The number of anilines is 1. The van der Waals surface area contributed by atoms with Crippen LogP contribution in [-0.2, 0) is 4.79 Å². The van der Waals surface area contributed by atoms with Gasteiger partial charge in [-0.2, -0.15) is 0 Å². The largest absolute Gasteiger partial charge is 0.508 e. The van der Waals surface area contributed by atoms with Gasteiger partial charge in [-0.05, 0) is 40.5 Å². The van der Waals surface area contributed by atoms with Crippen LogP contribution in [0.2, 0.25) is 0 Å². The molecule has 1 aromatic heterocycles. The monoisotopic (exact) mass is 301 g/mol. The van der Waals surface area contributed by atoms with Crippen LogP contribution in [0.5, 0.6) is 5.75 Å². The van der Waals surface area contributed by atoms with Crippen LogP contribution >= 0.6 is 0 Å². The molecule has 22 heavy (non-hydrogen) atoms. The molecule has 0 saturated carbocycles. The Balaban J connectivity index is 2.41. The topological polar surface area (TPSA) is 87.2 Å². The molecule has 0 radical (unpaired) electrons. The predicted octanol–water partition coefficient (Wildman–Crippen LogP) is 2.42. The second-order valence-electron chi connectivity index (χ2n) is 4.60. The van der Waals surface area contributed by atoms with Gasteiger partial charge < -0.3 is 15.3 Å². The number of azo groups is 1. The summed E-state index contributed by atoms with van der Waals surface area (Å²) in [6, 6.07) is 8.43.